The Hall–Kier alpha value is -2.30. The van der Waals surface area contributed by atoms with Crippen LogP contribution in [0.3, 0.4) is 0 Å². The Kier molecular flexibility index (Phi) is 4.24. The van der Waals surface area contributed by atoms with E-state index in [4.69, 9.17) is 4.74 Å². The quantitative estimate of drug-likeness (QED) is 0.841. The van der Waals surface area contributed by atoms with Crippen LogP contribution >= 0.6 is 0 Å². The highest BCUT2D eigenvalue weighted by atomic mass is 16.5. The molecule has 0 N–H and O–H groups in total. The van der Waals surface area contributed by atoms with Crippen molar-refractivity contribution in [3.05, 3.63) is 47.8 Å². The van der Waals surface area contributed by atoms with E-state index in [-0.39, 0.29) is 5.92 Å². The fourth-order valence-corrected chi connectivity index (χ4v) is 4.13. The van der Waals surface area contributed by atoms with Gasteiger partial charge in [0.1, 0.15) is 5.75 Å². The molecule has 1 aromatic carbocycles. The number of carbonyl (C=O) groups excluding carboxylic acids is 1. The van der Waals surface area contributed by atoms with Gasteiger partial charge in [0.15, 0.2) is 0 Å². The molecule has 4 rings (SSSR count). The van der Waals surface area contributed by atoms with Crippen molar-refractivity contribution in [2.75, 3.05) is 20.2 Å². The normalized spacial score (nSPS) is 25.2. The molecule has 3 atom stereocenters. The predicted octanol–water partition coefficient (Wildman–Crippen LogP) is 2.62. The minimum atomic E-state index is 0.133. The maximum Gasteiger partial charge on any atom is 0.226 e. The summed E-state index contributed by atoms with van der Waals surface area (Å²) < 4.78 is 7.30. The van der Waals surface area contributed by atoms with Gasteiger partial charge in [-0.25, -0.2) is 0 Å². The molecule has 2 aliphatic rings. The summed E-state index contributed by atoms with van der Waals surface area (Å²) in [6.45, 7) is 1.77. The van der Waals surface area contributed by atoms with Crippen molar-refractivity contribution >= 4 is 5.91 Å². The zero-order chi connectivity index (χ0) is 17.4. The second-order valence-corrected chi connectivity index (χ2v) is 7.36. The molecule has 1 saturated heterocycles. The van der Waals surface area contributed by atoms with Crippen LogP contribution < -0.4 is 4.74 Å². The summed E-state index contributed by atoms with van der Waals surface area (Å²) in [5, 5.41) is 4.24. The van der Waals surface area contributed by atoms with Crippen molar-refractivity contribution in [3.8, 4) is 5.75 Å². The summed E-state index contributed by atoms with van der Waals surface area (Å²) in [5.74, 6) is 2.23. The molecule has 2 heterocycles. The zero-order valence-electron chi connectivity index (χ0n) is 14.9. The Balaban J connectivity index is 1.35. The number of likely N-dealkylation sites (tertiary alicyclic amines) is 1. The molecule has 0 spiro atoms. The Bertz CT molecular complexity index is 770. The number of nitrogens with zero attached hydrogens (tertiary/aromatic N) is 3. The molecule has 2 fully saturated rings. The first kappa shape index (κ1) is 16.2. The van der Waals surface area contributed by atoms with Crippen LogP contribution in [0.25, 0.3) is 0 Å². The van der Waals surface area contributed by atoms with E-state index >= 15 is 0 Å². The van der Waals surface area contributed by atoms with Crippen LogP contribution in [0.4, 0.5) is 0 Å². The van der Waals surface area contributed by atoms with Gasteiger partial charge in [-0.05, 0) is 48.3 Å². The van der Waals surface area contributed by atoms with Crippen LogP contribution in [0.1, 0.15) is 29.9 Å². The van der Waals surface area contributed by atoms with Gasteiger partial charge in [-0.3, -0.25) is 9.48 Å². The number of amides is 1. The number of hydrogen-bond acceptors (Lipinski definition) is 3. The van der Waals surface area contributed by atoms with Crippen LogP contribution in [0, 0.1) is 11.8 Å². The lowest BCUT2D eigenvalue weighted by Gasteiger charge is -2.17. The monoisotopic (exact) mass is 339 g/mol. The molecule has 1 amide bonds. The van der Waals surface area contributed by atoms with Crippen molar-refractivity contribution in [1.82, 2.24) is 14.7 Å². The van der Waals surface area contributed by atoms with Gasteiger partial charge in [0.25, 0.3) is 0 Å². The number of methoxy groups -OCH3 is 1. The number of para-hydroxylation sites is 1. The first-order chi connectivity index (χ1) is 12.2. The van der Waals surface area contributed by atoms with Crippen LogP contribution in [-0.2, 0) is 18.3 Å². The van der Waals surface area contributed by atoms with E-state index in [0.717, 1.165) is 38.1 Å². The highest BCUT2D eigenvalue weighted by Crippen LogP contribution is 2.51. The molecule has 0 bridgehead atoms. The standard InChI is InChI=1S/C20H25N3O2/c1-22-12-15(11-21-22)9-14-7-8-23(13-14)20(24)18-10-17(18)16-5-3-4-6-19(16)25-2/h3-6,11-12,14,17-18H,7-10,13H2,1-2H3/t14-,17+,18-/m1/s1. The minimum Gasteiger partial charge on any atom is -0.496 e. The molecule has 25 heavy (non-hydrogen) atoms. The van der Waals surface area contributed by atoms with E-state index in [2.05, 4.69) is 22.3 Å². The number of aryl methyl sites for hydroxylation is 1. The second-order valence-electron chi connectivity index (χ2n) is 7.36. The summed E-state index contributed by atoms with van der Waals surface area (Å²) in [4.78, 5) is 14.9. The molecular weight excluding hydrogens is 314 g/mol. The van der Waals surface area contributed by atoms with Gasteiger partial charge < -0.3 is 9.64 Å². The first-order valence-electron chi connectivity index (χ1n) is 9.05. The lowest BCUT2D eigenvalue weighted by Crippen LogP contribution is -2.30. The number of benzene rings is 1. The van der Waals surface area contributed by atoms with E-state index in [9.17, 15) is 4.79 Å². The van der Waals surface area contributed by atoms with E-state index in [1.807, 2.05) is 36.1 Å². The van der Waals surface area contributed by atoms with Crippen LogP contribution in [-0.4, -0.2) is 40.8 Å². The van der Waals surface area contributed by atoms with Gasteiger partial charge in [-0.15, -0.1) is 0 Å². The topological polar surface area (TPSA) is 47.4 Å². The van der Waals surface area contributed by atoms with E-state index in [1.54, 1.807) is 7.11 Å². The van der Waals surface area contributed by atoms with Gasteiger partial charge >= 0.3 is 0 Å². The number of ether oxygens (including phenoxy) is 1. The first-order valence-corrected chi connectivity index (χ1v) is 9.05. The fourth-order valence-electron chi connectivity index (χ4n) is 4.13. The fraction of sp³-hybridized carbons (Fsp3) is 0.500. The van der Waals surface area contributed by atoms with E-state index in [0.29, 0.717) is 17.7 Å². The smallest absolute Gasteiger partial charge is 0.226 e. The van der Waals surface area contributed by atoms with Gasteiger partial charge in [0, 0.05) is 32.3 Å². The molecular formula is C20H25N3O2. The Morgan fingerprint density at radius 1 is 1.36 bits per heavy atom. The molecule has 1 aliphatic heterocycles. The molecule has 0 radical (unpaired) electrons. The molecule has 1 saturated carbocycles. The molecule has 0 unspecified atom stereocenters. The average molecular weight is 339 g/mol. The molecule has 132 valence electrons. The Morgan fingerprint density at radius 3 is 2.96 bits per heavy atom. The van der Waals surface area contributed by atoms with Crippen LogP contribution in [0.5, 0.6) is 5.75 Å². The maximum absolute atomic E-state index is 12.9. The van der Waals surface area contributed by atoms with Crippen molar-refractivity contribution in [2.45, 2.75) is 25.2 Å². The summed E-state index contributed by atoms with van der Waals surface area (Å²) in [6.07, 6.45) is 7.06. The van der Waals surface area contributed by atoms with E-state index < -0.39 is 0 Å². The highest BCUT2D eigenvalue weighted by Gasteiger charge is 2.47. The second kappa shape index (κ2) is 6.54. The third kappa shape index (κ3) is 3.28. The molecule has 2 aromatic rings. The van der Waals surface area contributed by atoms with Gasteiger partial charge in [-0.1, -0.05) is 18.2 Å². The molecule has 1 aromatic heterocycles. The maximum atomic E-state index is 12.9. The summed E-state index contributed by atoms with van der Waals surface area (Å²) in [6, 6.07) is 8.07. The summed E-state index contributed by atoms with van der Waals surface area (Å²) in [7, 11) is 3.64. The highest BCUT2D eigenvalue weighted by molar-refractivity contribution is 5.83. The van der Waals surface area contributed by atoms with E-state index in [1.165, 1.54) is 11.1 Å². The number of hydrogen-bond donors (Lipinski definition) is 0. The van der Waals surface area contributed by atoms with Crippen molar-refractivity contribution < 1.29 is 9.53 Å². The SMILES string of the molecule is COc1ccccc1[C@@H]1C[C@H]1C(=O)N1CC[C@H](Cc2cnn(C)c2)C1. The minimum absolute atomic E-state index is 0.133. The molecule has 1 aliphatic carbocycles. The number of carbonyl (C=O) groups is 1. The number of rotatable bonds is 5. The number of aromatic nitrogens is 2. The van der Waals surface area contributed by atoms with Gasteiger partial charge in [0.2, 0.25) is 5.91 Å². The van der Waals surface area contributed by atoms with Gasteiger partial charge in [-0.2, -0.15) is 5.10 Å². The molecule has 5 heteroatoms. The average Bonchev–Trinajstić information content (AvgIpc) is 3.11. The van der Waals surface area contributed by atoms with Crippen molar-refractivity contribution in [1.29, 1.82) is 0 Å². The van der Waals surface area contributed by atoms with Crippen LogP contribution in [0.15, 0.2) is 36.7 Å². The molecule has 5 nitrogen and oxygen atoms in total. The lowest BCUT2D eigenvalue weighted by atomic mass is 10.0. The third-order valence-electron chi connectivity index (χ3n) is 5.53. The third-order valence-corrected chi connectivity index (χ3v) is 5.53. The zero-order valence-corrected chi connectivity index (χ0v) is 14.9. The largest absolute Gasteiger partial charge is 0.496 e. The summed E-state index contributed by atoms with van der Waals surface area (Å²) in [5.41, 5.74) is 2.44. The van der Waals surface area contributed by atoms with Crippen LogP contribution in [0.2, 0.25) is 0 Å². The van der Waals surface area contributed by atoms with Gasteiger partial charge in [0.05, 0.1) is 13.3 Å². The lowest BCUT2D eigenvalue weighted by molar-refractivity contribution is -0.131. The van der Waals surface area contributed by atoms with Crippen molar-refractivity contribution in [2.24, 2.45) is 18.9 Å². The Morgan fingerprint density at radius 2 is 2.20 bits per heavy atom. The summed E-state index contributed by atoms with van der Waals surface area (Å²) >= 11 is 0. The predicted molar refractivity (Wildman–Crippen MR) is 95.4 cm³/mol. The van der Waals surface area contributed by atoms with Crippen molar-refractivity contribution in [3.63, 3.8) is 0 Å². The Labute approximate surface area is 148 Å².